The van der Waals surface area contributed by atoms with Crippen LogP contribution in [0.5, 0.6) is 5.75 Å². The molecule has 0 heterocycles. The number of allylic oxidation sites excluding steroid dienone is 4. The lowest BCUT2D eigenvalue weighted by Gasteiger charge is -2.19. The summed E-state index contributed by atoms with van der Waals surface area (Å²) in [6.45, 7) is -0.267. The fraction of sp³-hybridized carbons (Fsp3) is 0.489. The van der Waals surface area contributed by atoms with Crippen LogP contribution in [-0.2, 0) is 27.0 Å². The van der Waals surface area contributed by atoms with Crippen LogP contribution in [0.4, 0.5) is 13.2 Å². The summed E-state index contributed by atoms with van der Waals surface area (Å²) in [4.78, 5) is 33.2. The first kappa shape index (κ1) is 48.8. The molecule has 2 fully saturated rings. The van der Waals surface area contributed by atoms with E-state index in [1.54, 1.807) is 18.2 Å². The Morgan fingerprint density at radius 2 is 1.37 bits per heavy atom. The molecule has 7 N–H and O–H groups in total. The number of aliphatic hydroxyl groups is 5. The first-order valence-corrected chi connectivity index (χ1v) is 19.9. The molecular formula is C45H57F3O11. The van der Waals surface area contributed by atoms with E-state index in [9.17, 15) is 53.1 Å². The number of unbranched alkanes of at least 4 members (excludes halogenated alkanes) is 2. The van der Waals surface area contributed by atoms with Gasteiger partial charge in [0, 0.05) is 49.9 Å². The molecule has 2 aromatic rings. The smallest absolute Gasteiger partial charge is 0.416 e. The second kappa shape index (κ2) is 25.1. The van der Waals surface area contributed by atoms with Gasteiger partial charge >= 0.3 is 18.1 Å². The van der Waals surface area contributed by atoms with Crippen molar-refractivity contribution in [3.63, 3.8) is 0 Å². The van der Waals surface area contributed by atoms with Crippen molar-refractivity contribution in [1.82, 2.24) is 0 Å². The number of carbonyl (C=O) groups excluding carboxylic acids is 1. The van der Waals surface area contributed by atoms with E-state index in [0.29, 0.717) is 44.9 Å². The van der Waals surface area contributed by atoms with Crippen molar-refractivity contribution in [2.45, 2.75) is 107 Å². The van der Waals surface area contributed by atoms with E-state index in [-0.39, 0.29) is 61.6 Å². The van der Waals surface area contributed by atoms with Gasteiger partial charge in [0.2, 0.25) is 0 Å². The number of aliphatic hydroxyl groups excluding tert-OH is 5. The summed E-state index contributed by atoms with van der Waals surface area (Å²) in [5.74, 6) is -2.92. The zero-order valence-corrected chi connectivity index (χ0v) is 32.9. The first-order chi connectivity index (χ1) is 28.0. The Balaban J connectivity index is 0.000000320. The predicted molar refractivity (Wildman–Crippen MR) is 214 cm³/mol. The largest absolute Gasteiger partial charge is 0.491 e. The molecule has 11 nitrogen and oxygen atoms in total. The van der Waals surface area contributed by atoms with Gasteiger partial charge in [0.1, 0.15) is 24.2 Å². The highest BCUT2D eigenvalue weighted by Gasteiger charge is 2.40. The molecule has 4 rings (SSSR count). The number of hydrogen-bond donors (Lipinski definition) is 7. The Kier molecular flexibility index (Phi) is 20.8. The second-order valence-corrected chi connectivity index (χ2v) is 15.0. The van der Waals surface area contributed by atoms with Gasteiger partial charge in [-0.2, -0.15) is 13.2 Å². The molecule has 9 atom stereocenters. The van der Waals surface area contributed by atoms with Gasteiger partial charge in [-0.1, -0.05) is 85.0 Å². The van der Waals surface area contributed by atoms with Crippen LogP contribution in [0.25, 0.3) is 0 Å². The molecule has 2 saturated carbocycles. The van der Waals surface area contributed by atoms with Crippen molar-refractivity contribution >= 4 is 17.7 Å². The maximum atomic E-state index is 12.8. The molecule has 59 heavy (non-hydrogen) atoms. The van der Waals surface area contributed by atoms with Crippen molar-refractivity contribution in [1.29, 1.82) is 0 Å². The van der Waals surface area contributed by atoms with E-state index >= 15 is 0 Å². The van der Waals surface area contributed by atoms with Gasteiger partial charge in [-0.3, -0.25) is 14.4 Å². The highest BCUT2D eigenvalue weighted by atomic mass is 19.4. The lowest BCUT2D eigenvalue weighted by atomic mass is 9.89. The molecule has 0 bridgehead atoms. The molecule has 0 spiro atoms. The number of Topliss-reactive ketones (excluding diaryl/α,β-unsaturated/α-hetero) is 1. The van der Waals surface area contributed by atoms with Gasteiger partial charge < -0.3 is 40.5 Å². The Labute approximate surface area is 342 Å². The van der Waals surface area contributed by atoms with Gasteiger partial charge in [0.15, 0.2) is 0 Å². The number of halogens is 3. The quantitative estimate of drug-likeness (QED) is 0.0537. The van der Waals surface area contributed by atoms with Crippen LogP contribution in [0.1, 0.15) is 75.3 Å². The summed E-state index contributed by atoms with van der Waals surface area (Å²) in [5.41, 5.74) is 0.181. The molecule has 2 aliphatic carbocycles. The van der Waals surface area contributed by atoms with Gasteiger partial charge in [-0.05, 0) is 68.2 Å². The second-order valence-electron chi connectivity index (χ2n) is 15.0. The predicted octanol–water partition coefficient (Wildman–Crippen LogP) is 6.47. The van der Waals surface area contributed by atoms with Crippen LogP contribution in [-0.4, -0.2) is 90.6 Å². The summed E-state index contributed by atoms with van der Waals surface area (Å²) in [6.07, 6.45) is 9.84. The first-order valence-electron chi connectivity index (χ1n) is 19.9. The summed E-state index contributed by atoms with van der Waals surface area (Å²) in [5, 5.41) is 68.2. The number of ketones is 1. The van der Waals surface area contributed by atoms with E-state index in [2.05, 4.69) is 0 Å². The molecule has 0 radical (unpaired) electrons. The van der Waals surface area contributed by atoms with E-state index in [1.165, 1.54) is 18.2 Å². The molecule has 2 aliphatic rings. The molecule has 0 aromatic heterocycles. The third-order valence-corrected chi connectivity index (χ3v) is 10.3. The van der Waals surface area contributed by atoms with Crippen molar-refractivity contribution in [2.24, 2.45) is 23.7 Å². The fourth-order valence-corrected chi connectivity index (χ4v) is 7.14. The molecule has 14 heteroatoms. The molecule has 0 saturated heterocycles. The molecule has 2 aromatic carbocycles. The van der Waals surface area contributed by atoms with E-state index in [1.807, 2.05) is 54.6 Å². The monoisotopic (exact) mass is 830 g/mol. The number of ether oxygens (including phenoxy) is 1. The lowest BCUT2D eigenvalue weighted by Crippen LogP contribution is -2.21. The molecule has 0 amide bonds. The van der Waals surface area contributed by atoms with Crippen LogP contribution < -0.4 is 4.74 Å². The number of aliphatic carboxylic acids is 2. The zero-order valence-electron chi connectivity index (χ0n) is 32.9. The number of carboxylic acid groups (broad SMARTS) is 2. The number of alkyl halides is 3. The van der Waals surface area contributed by atoms with Gasteiger partial charge in [0.25, 0.3) is 0 Å². The highest BCUT2D eigenvalue weighted by Crippen LogP contribution is 2.37. The van der Waals surface area contributed by atoms with Crippen LogP contribution in [0, 0.1) is 23.7 Å². The summed E-state index contributed by atoms with van der Waals surface area (Å²) >= 11 is 0. The van der Waals surface area contributed by atoms with E-state index < -0.39 is 60.1 Å². The van der Waals surface area contributed by atoms with E-state index in [0.717, 1.165) is 17.7 Å². The summed E-state index contributed by atoms with van der Waals surface area (Å²) in [6, 6.07) is 14.0. The third kappa shape index (κ3) is 18.1. The van der Waals surface area contributed by atoms with Crippen LogP contribution in [0.2, 0.25) is 0 Å². The minimum Gasteiger partial charge on any atom is -0.491 e. The highest BCUT2D eigenvalue weighted by molar-refractivity contribution is 5.84. The van der Waals surface area contributed by atoms with Gasteiger partial charge in [-0.25, -0.2) is 0 Å². The average Bonchev–Trinajstić information content (AvgIpc) is 3.61. The SMILES string of the molecule is O=C(O)CCC/C=C\C[C@@H]1[C@@H](/C=C/[C@@H](O)COc2cccc(C(F)(F)F)c2)[C@H](O)C[C@@H]1O.O=C(O)CCC/C=C\C[C@H]1C(=O)C[C@@H](O)[C@@H]1/C=C/[C@@H](O)Cc1ccccc1. The van der Waals surface area contributed by atoms with Crippen LogP contribution in [0.15, 0.2) is 103 Å². The minimum absolute atomic E-state index is 0.0190. The number of hydrogen-bond acceptors (Lipinski definition) is 9. The van der Waals surface area contributed by atoms with Crippen molar-refractivity contribution < 1.29 is 68.0 Å². The summed E-state index contributed by atoms with van der Waals surface area (Å²) < 4.78 is 43.5. The number of carboxylic acids is 2. The number of benzene rings is 2. The van der Waals surface area contributed by atoms with Crippen LogP contribution >= 0.6 is 0 Å². The number of carbonyl (C=O) groups is 3. The Morgan fingerprint density at radius 1 is 0.763 bits per heavy atom. The fourth-order valence-electron chi connectivity index (χ4n) is 7.14. The molecule has 0 aliphatic heterocycles. The standard InChI is InChI=1S/C23H29F3O6.C22H28O5/c24-23(25,26)15-6-5-7-17(12-15)32-14-16(27)10-11-19-18(20(28)13-21(19)29)8-3-1-2-4-9-22(30)31;23-17(14-16-8-4-3-5-9-16)12-13-19-18(20(24)15-21(19)25)10-6-1-2-7-11-22(26)27/h1,3,5-7,10-12,16,18-21,27-29H,2,4,8-9,13-14H2,(H,30,31);1,3-6,8-9,12-13,17-19,21,23,25H,2,7,10-11,14-15H2,(H,26,27)/b3-1-,11-10+;6-1-,13-12+/t16-,18-,19-,20+,21-;17-,18-,19-,21-/m11/s1. The average molecular weight is 831 g/mol. The Morgan fingerprint density at radius 3 is 2.00 bits per heavy atom. The number of rotatable bonds is 21. The third-order valence-electron chi connectivity index (χ3n) is 10.3. The minimum atomic E-state index is -4.49. The van der Waals surface area contributed by atoms with Crippen molar-refractivity contribution in [3.8, 4) is 5.75 Å². The van der Waals surface area contributed by atoms with Crippen molar-refractivity contribution in [2.75, 3.05) is 6.61 Å². The van der Waals surface area contributed by atoms with Gasteiger partial charge in [-0.15, -0.1) is 0 Å². The van der Waals surface area contributed by atoms with E-state index in [4.69, 9.17) is 14.9 Å². The Hall–Kier alpha value is -4.60. The maximum Gasteiger partial charge on any atom is 0.416 e. The Bertz CT molecular complexity index is 1710. The normalized spacial score (nSPS) is 24.5. The molecule has 0 unspecified atom stereocenters. The zero-order chi connectivity index (χ0) is 43.4. The van der Waals surface area contributed by atoms with Crippen molar-refractivity contribution in [3.05, 3.63) is 114 Å². The van der Waals surface area contributed by atoms with Gasteiger partial charge in [0.05, 0.1) is 30.0 Å². The molecular weight excluding hydrogens is 773 g/mol. The molecule has 324 valence electrons. The van der Waals surface area contributed by atoms with Crippen LogP contribution in [0.3, 0.4) is 0 Å². The summed E-state index contributed by atoms with van der Waals surface area (Å²) in [7, 11) is 0. The maximum absolute atomic E-state index is 12.8. The lowest BCUT2D eigenvalue weighted by molar-refractivity contribution is -0.138. The topological polar surface area (TPSA) is 202 Å².